The van der Waals surface area contributed by atoms with Gasteiger partial charge in [-0.3, -0.25) is 4.79 Å². The Labute approximate surface area is 123 Å². The van der Waals surface area contributed by atoms with Crippen LogP contribution < -0.4 is 10.6 Å². The van der Waals surface area contributed by atoms with Gasteiger partial charge >= 0.3 is 0 Å². The van der Waals surface area contributed by atoms with Crippen LogP contribution in [0.1, 0.15) is 29.4 Å². The van der Waals surface area contributed by atoms with E-state index in [0.29, 0.717) is 17.4 Å². The highest BCUT2D eigenvalue weighted by Crippen LogP contribution is 2.22. The average molecular weight is 287 g/mol. The number of hydrogen-bond donors (Lipinski definition) is 2. The van der Waals surface area contributed by atoms with Gasteiger partial charge in [0.15, 0.2) is 0 Å². The third kappa shape index (κ3) is 3.13. The lowest BCUT2D eigenvalue weighted by Gasteiger charge is -2.25. The summed E-state index contributed by atoms with van der Waals surface area (Å²) >= 11 is 0. The molecule has 0 saturated carbocycles. The van der Waals surface area contributed by atoms with E-state index in [1.54, 1.807) is 18.2 Å². The highest BCUT2D eigenvalue weighted by atomic mass is 19.1. The zero-order valence-electron chi connectivity index (χ0n) is 11.7. The van der Waals surface area contributed by atoms with E-state index < -0.39 is 0 Å². The minimum absolute atomic E-state index is 0.205. The fraction of sp³-hybridized carbons (Fsp3) is 0.312. The van der Waals surface area contributed by atoms with Crippen LogP contribution in [0.5, 0.6) is 0 Å². The van der Waals surface area contributed by atoms with Crippen LogP contribution in [0.2, 0.25) is 0 Å². The van der Waals surface area contributed by atoms with Crippen LogP contribution in [-0.4, -0.2) is 23.6 Å². The topological polar surface area (TPSA) is 46.1 Å². The molecule has 1 aromatic heterocycles. The molecule has 0 aliphatic carbocycles. The van der Waals surface area contributed by atoms with Crippen LogP contribution in [0.15, 0.2) is 42.6 Å². The van der Waals surface area contributed by atoms with Gasteiger partial charge in [-0.15, -0.1) is 0 Å². The summed E-state index contributed by atoms with van der Waals surface area (Å²) in [5.41, 5.74) is 1.09. The Hall–Kier alpha value is -2.14. The quantitative estimate of drug-likeness (QED) is 0.912. The van der Waals surface area contributed by atoms with Gasteiger partial charge in [-0.25, -0.2) is 4.39 Å². The van der Waals surface area contributed by atoms with Crippen molar-refractivity contribution < 1.29 is 9.18 Å². The van der Waals surface area contributed by atoms with Crippen LogP contribution in [0.4, 0.5) is 10.1 Å². The Balaban J connectivity index is 1.77. The Morgan fingerprint density at radius 3 is 2.81 bits per heavy atom. The molecule has 0 unspecified atom stereocenters. The molecule has 1 amide bonds. The molecule has 1 aromatic carbocycles. The molecule has 1 aliphatic rings. The van der Waals surface area contributed by atoms with Gasteiger partial charge < -0.3 is 15.2 Å². The van der Waals surface area contributed by atoms with E-state index in [4.69, 9.17) is 0 Å². The summed E-state index contributed by atoms with van der Waals surface area (Å²) in [7, 11) is 0. The summed E-state index contributed by atoms with van der Waals surface area (Å²) in [6, 6.07) is 9.95. The van der Waals surface area contributed by atoms with Crippen molar-refractivity contribution in [1.29, 1.82) is 0 Å². The number of benzene rings is 1. The van der Waals surface area contributed by atoms with Crippen molar-refractivity contribution in [2.45, 2.75) is 18.9 Å². The number of anilines is 1. The van der Waals surface area contributed by atoms with Gasteiger partial charge in [0.05, 0.1) is 0 Å². The highest BCUT2D eigenvalue weighted by molar-refractivity contribution is 6.03. The monoisotopic (exact) mass is 287 g/mol. The van der Waals surface area contributed by atoms with Crippen LogP contribution in [0, 0.1) is 5.82 Å². The highest BCUT2D eigenvalue weighted by Gasteiger charge is 2.19. The van der Waals surface area contributed by atoms with E-state index in [0.717, 1.165) is 25.9 Å². The Morgan fingerprint density at radius 1 is 1.24 bits per heavy atom. The smallest absolute Gasteiger partial charge is 0.272 e. The second kappa shape index (κ2) is 6.10. The minimum Gasteiger partial charge on any atom is -0.340 e. The van der Waals surface area contributed by atoms with Crippen molar-refractivity contribution in [1.82, 2.24) is 9.88 Å². The standard InChI is InChI=1S/C16H18FN3O/c17-12-3-1-4-13(11-12)19-16(21)15-5-2-10-20(15)14-6-8-18-9-7-14/h1-5,10-11,14,18H,6-9H2,(H,19,21). The molecule has 2 heterocycles. The van der Waals surface area contributed by atoms with Gasteiger partial charge in [-0.2, -0.15) is 0 Å². The predicted octanol–water partition coefficient (Wildman–Crippen LogP) is 2.80. The molecule has 0 bridgehead atoms. The fourth-order valence-electron chi connectivity index (χ4n) is 2.75. The number of hydrogen-bond acceptors (Lipinski definition) is 2. The first-order chi connectivity index (χ1) is 10.2. The van der Waals surface area contributed by atoms with Gasteiger partial charge in [0.2, 0.25) is 0 Å². The molecule has 4 nitrogen and oxygen atoms in total. The number of aromatic nitrogens is 1. The van der Waals surface area contributed by atoms with Crippen molar-refractivity contribution in [2.24, 2.45) is 0 Å². The molecule has 2 aromatic rings. The van der Waals surface area contributed by atoms with E-state index in [1.165, 1.54) is 12.1 Å². The third-order valence-electron chi connectivity index (χ3n) is 3.80. The maximum Gasteiger partial charge on any atom is 0.272 e. The molecule has 1 fully saturated rings. The van der Waals surface area contributed by atoms with Gasteiger partial charge in [0.25, 0.3) is 5.91 Å². The van der Waals surface area contributed by atoms with Crippen molar-refractivity contribution in [3.8, 4) is 0 Å². The summed E-state index contributed by atoms with van der Waals surface area (Å²) in [5, 5.41) is 6.07. The number of nitrogens with one attached hydrogen (secondary N) is 2. The van der Waals surface area contributed by atoms with E-state index in [2.05, 4.69) is 10.6 Å². The van der Waals surface area contributed by atoms with Crippen molar-refractivity contribution in [3.05, 3.63) is 54.1 Å². The molecule has 1 aliphatic heterocycles. The lowest BCUT2D eigenvalue weighted by atomic mass is 10.1. The molecular formula is C16H18FN3O. The number of rotatable bonds is 3. The molecule has 3 rings (SSSR count). The molecule has 110 valence electrons. The first-order valence-corrected chi connectivity index (χ1v) is 7.18. The maximum absolute atomic E-state index is 13.2. The SMILES string of the molecule is O=C(Nc1cccc(F)c1)c1cccn1C1CCNCC1. The normalized spacial score (nSPS) is 15.9. The first kappa shape index (κ1) is 13.8. The van der Waals surface area contributed by atoms with Gasteiger partial charge in [0, 0.05) is 17.9 Å². The molecular weight excluding hydrogens is 269 g/mol. The first-order valence-electron chi connectivity index (χ1n) is 7.18. The summed E-state index contributed by atoms with van der Waals surface area (Å²) in [6.07, 6.45) is 3.96. The molecule has 21 heavy (non-hydrogen) atoms. The van der Waals surface area contributed by atoms with Crippen LogP contribution in [0.25, 0.3) is 0 Å². The van der Waals surface area contributed by atoms with E-state index in [9.17, 15) is 9.18 Å². The van der Waals surface area contributed by atoms with Crippen LogP contribution >= 0.6 is 0 Å². The minimum atomic E-state index is -0.360. The van der Waals surface area contributed by atoms with E-state index >= 15 is 0 Å². The van der Waals surface area contributed by atoms with Crippen LogP contribution in [-0.2, 0) is 0 Å². The molecule has 0 radical (unpaired) electrons. The van der Waals surface area contributed by atoms with E-state index in [-0.39, 0.29) is 11.7 Å². The van der Waals surface area contributed by atoms with Crippen molar-refractivity contribution in [3.63, 3.8) is 0 Å². The fourth-order valence-corrected chi connectivity index (χ4v) is 2.75. The zero-order chi connectivity index (χ0) is 14.7. The lowest BCUT2D eigenvalue weighted by molar-refractivity contribution is 0.101. The van der Waals surface area contributed by atoms with Gasteiger partial charge in [-0.1, -0.05) is 6.07 Å². The Morgan fingerprint density at radius 2 is 2.05 bits per heavy atom. The van der Waals surface area contributed by atoms with Crippen molar-refractivity contribution in [2.75, 3.05) is 18.4 Å². The zero-order valence-corrected chi connectivity index (χ0v) is 11.7. The van der Waals surface area contributed by atoms with Crippen LogP contribution in [0.3, 0.4) is 0 Å². The van der Waals surface area contributed by atoms with E-state index in [1.807, 2.05) is 16.8 Å². The second-order valence-corrected chi connectivity index (χ2v) is 5.25. The second-order valence-electron chi connectivity index (χ2n) is 5.25. The van der Waals surface area contributed by atoms with Gasteiger partial charge in [0.1, 0.15) is 11.5 Å². The maximum atomic E-state index is 13.2. The average Bonchev–Trinajstić information content (AvgIpc) is 2.98. The summed E-state index contributed by atoms with van der Waals surface area (Å²) in [4.78, 5) is 12.4. The summed E-state index contributed by atoms with van der Waals surface area (Å²) in [5.74, 6) is -0.564. The lowest BCUT2D eigenvalue weighted by Crippen LogP contribution is -2.31. The number of carbonyl (C=O) groups excluding carboxylic acids is 1. The molecule has 0 atom stereocenters. The summed E-state index contributed by atoms with van der Waals surface area (Å²) < 4.78 is 15.2. The number of halogens is 1. The predicted molar refractivity (Wildman–Crippen MR) is 79.9 cm³/mol. The van der Waals surface area contributed by atoms with Gasteiger partial charge in [-0.05, 0) is 56.3 Å². The number of piperidine rings is 1. The number of carbonyl (C=O) groups is 1. The number of nitrogens with zero attached hydrogens (tertiary/aromatic N) is 1. The molecule has 5 heteroatoms. The molecule has 0 spiro atoms. The largest absolute Gasteiger partial charge is 0.340 e. The number of amides is 1. The van der Waals surface area contributed by atoms with Crippen molar-refractivity contribution >= 4 is 11.6 Å². The molecule has 1 saturated heterocycles. The Kier molecular flexibility index (Phi) is 4.01. The Bertz CT molecular complexity index is 632. The summed E-state index contributed by atoms with van der Waals surface area (Å²) in [6.45, 7) is 1.93. The molecule has 2 N–H and O–H groups in total. The third-order valence-corrected chi connectivity index (χ3v) is 3.80.